The number of aliphatic hydroxyl groups is 1. The van der Waals surface area contributed by atoms with Crippen molar-refractivity contribution < 1.29 is 5.11 Å². The largest absolute Gasteiger partial charge is 0.389 e. The highest BCUT2D eigenvalue weighted by molar-refractivity contribution is 5.72. The summed E-state index contributed by atoms with van der Waals surface area (Å²) < 4.78 is 0. The van der Waals surface area contributed by atoms with Crippen molar-refractivity contribution in [2.75, 3.05) is 0 Å². The van der Waals surface area contributed by atoms with Crippen molar-refractivity contribution in [2.45, 2.75) is 32.3 Å². The standard InChI is InChI=1S/C13H16O/c1-2-12(14)9-11-8-7-10-5-3-4-6-13(10)11/h3-6,9,12,14H,2,7-8H2,1H3/b11-9+. The molecule has 1 aliphatic rings. The highest BCUT2D eigenvalue weighted by Crippen LogP contribution is 2.32. The quantitative estimate of drug-likeness (QED) is 0.756. The molecule has 0 heterocycles. The van der Waals surface area contributed by atoms with Gasteiger partial charge in [0.15, 0.2) is 0 Å². The Bertz CT molecular complexity index is 352. The fourth-order valence-corrected chi connectivity index (χ4v) is 1.98. The van der Waals surface area contributed by atoms with E-state index in [1.807, 2.05) is 13.0 Å². The van der Waals surface area contributed by atoms with Gasteiger partial charge in [0, 0.05) is 0 Å². The smallest absolute Gasteiger partial charge is 0.0724 e. The molecule has 0 bridgehead atoms. The number of benzene rings is 1. The third-order valence-electron chi connectivity index (χ3n) is 2.84. The molecule has 1 heteroatoms. The van der Waals surface area contributed by atoms with Gasteiger partial charge in [-0.05, 0) is 36.0 Å². The Balaban J connectivity index is 2.30. The van der Waals surface area contributed by atoms with Gasteiger partial charge in [-0.1, -0.05) is 37.3 Å². The van der Waals surface area contributed by atoms with Crippen molar-refractivity contribution in [1.29, 1.82) is 0 Å². The molecule has 1 aliphatic carbocycles. The summed E-state index contributed by atoms with van der Waals surface area (Å²) in [5, 5.41) is 9.57. The SMILES string of the molecule is CCC(O)/C=C1\CCc2ccccc21. The molecule has 1 atom stereocenters. The van der Waals surface area contributed by atoms with E-state index < -0.39 is 0 Å². The van der Waals surface area contributed by atoms with E-state index in [0.717, 1.165) is 19.3 Å². The third kappa shape index (κ3) is 1.73. The lowest BCUT2D eigenvalue weighted by Gasteiger charge is -2.04. The maximum atomic E-state index is 9.57. The van der Waals surface area contributed by atoms with Gasteiger partial charge < -0.3 is 5.11 Å². The normalized spacial score (nSPS) is 19.7. The zero-order valence-corrected chi connectivity index (χ0v) is 8.53. The van der Waals surface area contributed by atoms with Crippen LogP contribution in [0.5, 0.6) is 0 Å². The molecular formula is C13H16O. The van der Waals surface area contributed by atoms with Crippen molar-refractivity contribution in [1.82, 2.24) is 0 Å². The predicted octanol–water partition coefficient (Wildman–Crippen LogP) is 2.79. The van der Waals surface area contributed by atoms with Gasteiger partial charge in [0.1, 0.15) is 0 Å². The van der Waals surface area contributed by atoms with E-state index in [0.29, 0.717) is 0 Å². The topological polar surface area (TPSA) is 20.2 Å². The average Bonchev–Trinajstić information content (AvgIpc) is 2.62. The highest BCUT2D eigenvalue weighted by Gasteiger charge is 2.15. The predicted molar refractivity (Wildman–Crippen MR) is 59.0 cm³/mol. The summed E-state index contributed by atoms with van der Waals surface area (Å²) in [7, 11) is 0. The molecule has 1 N–H and O–H groups in total. The fraction of sp³-hybridized carbons (Fsp3) is 0.385. The van der Waals surface area contributed by atoms with Crippen LogP contribution in [-0.2, 0) is 6.42 Å². The summed E-state index contributed by atoms with van der Waals surface area (Å²) in [6, 6.07) is 8.47. The summed E-state index contributed by atoms with van der Waals surface area (Å²) in [5.74, 6) is 0. The van der Waals surface area contributed by atoms with E-state index in [1.165, 1.54) is 16.7 Å². The average molecular weight is 188 g/mol. The molecule has 0 saturated heterocycles. The Morgan fingerprint density at radius 1 is 1.36 bits per heavy atom. The minimum Gasteiger partial charge on any atom is -0.389 e. The first kappa shape index (κ1) is 9.47. The number of rotatable bonds is 2. The molecular weight excluding hydrogens is 172 g/mol. The fourth-order valence-electron chi connectivity index (χ4n) is 1.98. The van der Waals surface area contributed by atoms with Crippen LogP contribution in [-0.4, -0.2) is 11.2 Å². The molecule has 0 aromatic heterocycles. The van der Waals surface area contributed by atoms with Gasteiger partial charge >= 0.3 is 0 Å². The number of allylic oxidation sites excluding steroid dienone is 1. The Kier molecular flexibility index (Phi) is 2.69. The number of hydrogen-bond acceptors (Lipinski definition) is 1. The van der Waals surface area contributed by atoms with Gasteiger partial charge in [-0.2, -0.15) is 0 Å². The van der Waals surface area contributed by atoms with Crippen molar-refractivity contribution in [2.24, 2.45) is 0 Å². The molecule has 1 aromatic rings. The number of hydrogen-bond donors (Lipinski definition) is 1. The van der Waals surface area contributed by atoms with Crippen LogP contribution < -0.4 is 0 Å². The van der Waals surface area contributed by atoms with Gasteiger partial charge in [-0.3, -0.25) is 0 Å². The van der Waals surface area contributed by atoms with Crippen molar-refractivity contribution >= 4 is 5.57 Å². The van der Waals surface area contributed by atoms with Gasteiger partial charge in [0.2, 0.25) is 0 Å². The summed E-state index contributed by atoms with van der Waals surface area (Å²) in [6.07, 6.45) is 4.72. The molecule has 1 nitrogen and oxygen atoms in total. The van der Waals surface area contributed by atoms with Crippen LogP contribution in [0, 0.1) is 0 Å². The Morgan fingerprint density at radius 2 is 2.14 bits per heavy atom. The number of aryl methyl sites for hydroxylation is 1. The minimum absolute atomic E-state index is 0.281. The molecule has 0 spiro atoms. The highest BCUT2D eigenvalue weighted by atomic mass is 16.3. The summed E-state index contributed by atoms with van der Waals surface area (Å²) in [4.78, 5) is 0. The minimum atomic E-state index is -0.281. The van der Waals surface area contributed by atoms with Crippen LogP contribution in [0.2, 0.25) is 0 Å². The first-order valence-electron chi connectivity index (χ1n) is 5.28. The molecule has 1 aromatic carbocycles. The summed E-state index contributed by atoms with van der Waals surface area (Å²) in [6.45, 7) is 2.00. The van der Waals surface area contributed by atoms with E-state index in [-0.39, 0.29) is 6.10 Å². The van der Waals surface area contributed by atoms with E-state index in [9.17, 15) is 5.11 Å². The van der Waals surface area contributed by atoms with Crippen LogP contribution >= 0.6 is 0 Å². The number of aliphatic hydroxyl groups excluding tert-OH is 1. The summed E-state index contributed by atoms with van der Waals surface area (Å²) in [5.41, 5.74) is 4.07. The van der Waals surface area contributed by atoms with Crippen molar-refractivity contribution in [3.05, 3.63) is 41.5 Å². The summed E-state index contributed by atoms with van der Waals surface area (Å²) >= 11 is 0. The molecule has 0 fully saturated rings. The third-order valence-corrected chi connectivity index (χ3v) is 2.84. The lowest BCUT2D eigenvalue weighted by atomic mass is 10.1. The van der Waals surface area contributed by atoms with Crippen LogP contribution in [0.1, 0.15) is 30.9 Å². The first-order valence-corrected chi connectivity index (χ1v) is 5.28. The van der Waals surface area contributed by atoms with E-state index in [2.05, 4.69) is 24.3 Å². The van der Waals surface area contributed by atoms with Gasteiger partial charge in [0.05, 0.1) is 6.10 Å². The maximum Gasteiger partial charge on any atom is 0.0724 e. The van der Waals surface area contributed by atoms with Gasteiger partial charge in [-0.15, -0.1) is 0 Å². The molecule has 0 amide bonds. The first-order chi connectivity index (χ1) is 6.81. The van der Waals surface area contributed by atoms with E-state index in [1.54, 1.807) is 0 Å². The molecule has 2 rings (SSSR count). The van der Waals surface area contributed by atoms with Gasteiger partial charge in [-0.25, -0.2) is 0 Å². The van der Waals surface area contributed by atoms with Crippen LogP contribution in [0.25, 0.3) is 5.57 Å². The van der Waals surface area contributed by atoms with Crippen molar-refractivity contribution in [3.8, 4) is 0 Å². The monoisotopic (exact) mass is 188 g/mol. The molecule has 0 radical (unpaired) electrons. The van der Waals surface area contributed by atoms with Crippen LogP contribution in [0.15, 0.2) is 30.3 Å². The Morgan fingerprint density at radius 3 is 2.93 bits per heavy atom. The molecule has 1 unspecified atom stereocenters. The molecule has 74 valence electrons. The van der Waals surface area contributed by atoms with Crippen LogP contribution in [0.3, 0.4) is 0 Å². The molecule has 0 aliphatic heterocycles. The lowest BCUT2D eigenvalue weighted by Crippen LogP contribution is -1.99. The Labute approximate surface area is 85.1 Å². The second kappa shape index (κ2) is 3.97. The lowest BCUT2D eigenvalue weighted by molar-refractivity contribution is 0.219. The zero-order valence-electron chi connectivity index (χ0n) is 8.53. The van der Waals surface area contributed by atoms with E-state index in [4.69, 9.17) is 0 Å². The Hall–Kier alpha value is -1.08. The second-order valence-electron chi connectivity index (χ2n) is 3.82. The molecule has 14 heavy (non-hydrogen) atoms. The van der Waals surface area contributed by atoms with E-state index >= 15 is 0 Å². The second-order valence-corrected chi connectivity index (χ2v) is 3.82. The maximum absolute atomic E-state index is 9.57. The number of fused-ring (bicyclic) bond motifs is 1. The van der Waals surface area contributed by atoms with Crippen molar-refractivity contribution in [3.63, 3.8) is 0 Å². The van der Waals surface area contributed by atoms with Crippen LogP contribution in [0.4, 0.5) is 0 Å². The molecule has 0 saturated carbocycles. The zero-order chi connectivity index (χ0) is 9.97. The van der Waals surface area contributed by atoms with Gasteiger partial charge in [0.25, 0.3) is 0 Å².